The minimum absolute atomic E-state index is 0.245. The SMILES string of the molecule is Cc1c(S(=O)(=O)NCC2CCCN2)c2ccccc2n1C. The molecule has 1 aromatic heterocycles. The van der Waals surface area contributed by atoms with Gasteiger partial charge in [-0.25, -0.2) is 13.1 Å². The summed E-state index contributed by atoms with van der Waals surface area (Å²) in [7, 11) is -1.60. The maximum absolute atomic E-state index is 12.7. The van der Waals surface area contributed by atoms with E-state index in [9.17, 15) is 8.42 Å². The lowest BCUT2D eigenvalue weighted by Gasteiger charge is -2.12. The van der Waals surface area contributed by atoms with Crippen molar-refractivity contribution in [3.63, 3.8) is 0 Å². The molecule has 1 unspecified atom stereocenters. The van der Waals surface area contributed by atoms with Crippen LogP contribution >= 0.6 is 0 Å². The van der Waals surface area contributed by atoms with E-state index < -0.39 is 10.0 Å². The molecule has 0 aliphatic carbocycles. The van der Waals surface area contributed by atoms with Crippen molar-refractivity contribution in [1.82, 2.24) is 14.6 Å². The summed E-state index contributed by atoms with van der Waals surface area (Å²) < 4.78 is 30.1. The highest BCUT2D eigenvalue weighted by atomic mass is 32.2. The van der Waals surface area contributed by atoms with E-state index in [1.807, 2.05) is 42.8 Å². The standard InChI is InChI=1S/C15H21N3O2S/c1-11-15(13-7-3-4-8-14(13)18(11)2)21(19,20)17-10-12-6-5-9-16-12/h3-4,7-8,12,16-17H,5-6,9-10H2,1-2H3. The van der Waals surface area contributed by atoms with Crippen LogP contribution in [0.1, 0.15) is 18.5 Å². The van der Waals surface area contributed by atoms with Crippen LogP contribution in [0.25, 0.3) is 10.9 Å². The Morgan fingerprint density at radius 2 is 2.14 bits per heavy atom. The zero-order chi connectivity index (χ0) is 15.0. The Kier molecular flexibility index (Phi) is 3.77. The van der Waals surface area contributed by atoms with Crippen LogP contribution in [-0.4, -0.2) is 32.1 Å². The van der Waals surface area contributed by atoms with Crippen molar-refractivity contribution in [3.05, 3.63) is 30.0 Å². The number of aryl methyl sites for hydroxylation is 1. The molecule has 1 aliphatic heterocycles. The summed E-state index contributed by atoms with van der Waals surface area (Å²) in [5, 5.41) is 4.09. The second-order valence-electron chi connectivity index (χ2n) is 5.64. The molecule has 0 radical (unpaired) electrons. The molecule has 2 heterocycles. The number of rotatable bonds is 4. The molecular formula is C15H21N3O2S. The highest BCUT2D eigenvalue weighted by Gasteiger charge is 2.25. The van der Waals surface area contributed by atoms with Crippen molar-refractivity contribution in [2.24, 2.45) is 7.05 Å². The molecule has 5 nitrogen and oxygen atoms in total. The second kappa shape index (κ2) is 5.44. The molecule has 1 aliphatic rings. The molecule has 1 fully saturated rings. The van der Waals surface area contributed by atoms with Gasteiger partial charge in [0, 0.05) is 36.2 Å². The fourth-order valence-electron chi connectivity index (χ4n) is 3.04. The minimum Gasteiger partial charge on any atom is -0.347 e. The van der Waals surface area contributed by atoms with Gasteiger partial charge >= 0.3 is 0 Å². The van der Waals surface area contributed by atoms with Crippen molar-refractivity contribution in [3.8, 4) is 0 Å². The number of hydrogen-bond acceptors (Lipinski definition) is 3. The molecule has 0 bridgehead atoms. The lowest BCUT2D eigenvalue weighted by atomic mass is 10.2. The number of hydrogen-bond donors (Lipinski definition) is 2. The van der Waals surface area contributed by atoms with E-state index in [0.29, 0.717) is 11.4 Å². The van der Waals surface area contributed by atoms with Crippen LogP contribution in [0, 0.1) is 6.92 Å². The maximum atomic E-state index is 12.7. The molecule has 0 amide bonds. The Hall–Kier alpha value is -1.37. The summed E-state index contributed by atoms with van der Waals surface area (Å²) in [6.07, 6.45) is 2.14. The van der Waals surface area contributed by atoms with Crippen LogP contribution in [0.15, 0.2) is 29.2 Å². The first-order valence-electron chi connectivity index (χ1n) is 7.28. The van der Waals surface area contributed by atoms with Crippen LogP contribution in [0.2, 0.25) is 0 Å². The van der Waals surface area contributed by atoms with Crippen LogP contribution in [-0.2, 0) is 17.1 Å². The smallest absolute Gasteiger partial charge is 0.243 e. The van der Waals surface area contributed by atoms with Crippen LogP contribution in [0.5, 0.6) is 0 Å². The number of para-hydroxylation sites is 1. The van der Waals surface area contributed by atoms with E-state index in [1.54, 1.807) is 0 Å². The molecule has 1 saturated heterocycles. The van der Waals surface area contributed by atoms with E-state index in [-0.39, 0.29) is 6.04 Å². The quantitative estimate of drug-likeness (QED) is 0.900. The van der Waals surface area contributed by atoms with Gasteiger partial charge in [-0.1, -0.05) is 18.2 Å². The molecule has 21 heavy (non-hydrogen) atoms. The molecule has 2 aromatic rings. The number of fused-ring (bicyclic) bond motifs is 1. The highest BCUT2D eigenvalue weighted by Crippen LogP contribution is 2.28. The minimum atomic E-state index is -3.50. The van der Waals surface area contributed by atoms with Gasteiger partial charge in [0.1, 0.15) is 4.90 Å². The number of nitrogens with zero attached hydrogens (tertiary/aromatic N) is 1. The Bertz CT molecular complexity index is 759. The third-order valence-corrected chi connectivity index (χ3v) is 5.89. The van der Waals surface area contributed by atoms with Crippen molar-refractivity contribution in [2.75, 3.05) is 13.1 Å². The fraction of sp³-hybridized carbons (Fsp3) is 0.467. The molecule has 0 saturated carbocycles. The van der Waals surface area contributed by atoms with Crippen molar-refractivity contribution < 1.29 is 8.42 Å². The van der Waals surface area contributed by atoms with Crippen molar-refractivity contribution in [1.29, 1.82) is 0 Å². The summed E-state index contributed by atoms with van der Waals surface area (Å²) in [4.78, 5) is 0.401. The van der Waals surface area contributed by atoms with Gasteiger partial charge in [-0.15, -0.1) is 0 Å². The highest BCUT2D eigenvalue weighted by molar-refractivity contribution is 7.89. The molecule has 0 spiro atoms. The number of sulfonamides is 1. The number of nitrogens with one attached hydrogen (secondary N) is 2. The lowest BCUT2D eigenvalue weighted by Crippen LogP contribution is -2.37. The first-order valence-corrected chi connectivity index (χ1v) is 8.76. The average Bonchev–Trinajstić information content (AvgIpc) is 3.06. The first kappa shape index (κ1) is 14.6. The summed E-state index contributed by atoms with van der Waals surface area (Å²) in [6.45, 7) is 3.27. The maximum Gasteiger partial charge on any atom is 0.243 e. The van der Waals surface area contributed by atoms with E-state index in [4.69, 9.17) is 0 Å². The van der Waals surface area contributed by atoms with E-state index in [0.717, 1.165) is 36.0 Å². The van der Waals surface area contributed by atoms with Gasteiger partial charge in [0.05, 0.1) is 0 Å². The predicted octanol–water partition coefficient (Wildman–Crippen LogP) is 1.52. The van der Waals surface area contributed by atoms with Crippen LogP contribution in [0.4, 0.5) is 0 Å². The van der Waals surface area contributed by atoms with E-state index in [1.165, 1.54) is 0 Å². The number of benzene rings is 1. The van der Waals surface area contributed by atoms with Gasteiger partial charge < -0.3 is 9.88 Å². The second-order valence-corrected chi connectivity index (χ2v) is 7.34. The third kappa shape index (κ3) is 2.59. The normalized spacial score (nSPS) is 19.4. The van der Waals surface area contributed by atoms with Crippen LogP contribution < -0.4 is 10.0 Å². The molecule has 6 heteroatoms. The molecule has 1 atom stereocenters. The Morgan fingerprint density at radius 1 is 1.38 bits per heavy atom. The van der Waals surface area contributed by atoms with Crippen LogP contribution in [0.3, 0.4) is 0 Å². The fourth-order valence-corrected chi connectivity index (χ4v) is 4.59. The van der Waals surface area contributed by atoms with Gasteiger partial charge in [-0.05, 0) is 32.4 Å². The molecule has 2 N–H and O–H groups in total. The van der Waals surface area contributed by atoms with Gasteiger partial charge in [0.25, 0.3) is 0 Å². The zero-order valence-corrected chi connectivity index (χ0v) is 13.2. The Morgan fingerprint density at radius 3 is 2.86 bits per heavy atom. The summed E-state index contributed by atoms with van der Waals surface area (Å²) in [5.41, 5.74) is 1.71. The lowest BCUT2D eigenvalue weighted by molar-refractivity contribution is 0.551. The molecule has 114 valence electrons. The monoisotopic (exact) mass is 307 g/mol. The van der Waals surface area contributed by atoms with Gasteiger partial charge in [-0.3, -0.25) is 0 Å². The van der Waals surface area contributed by atoms with Gasteiger partial charge in [-0.2, -0.15) is 0 Å². The Balaban J connectivity index is 1.96. The largest absolute Gasteiger partial charge is 0.347 e. The predicted molar refractivity (Wildman–Crippen MR) is 83.9 cm³/mol. The van der Waals surface area contributed by atoms with E-state index in [2.05, 4.69) is 10.0 Å². The summed E-state index contributed by atoms with van der Waals surface area (Å²) >= 11 is 0. The third-order valence-electron chi connectivity index (χ3n) is 4.29. The van der Waals surface area contributed by atoms with Crippen molar-refractivity contribution >= 4 is 20.9 Å². The van der Waals surface area contributed by atoms with E-state index >= 15 is 0 Å². The summed E-state index contributed by atoms with van der Waals surface area (Å²) in [6, 6.07) is 7.85. The molecule has 3 rings (SSSR count). The summed E-state index contributed by atoms with van der Waals surface area (Å²) in [5.74, 6) is 0. The average molecular weight is 307 g/mol. The first-order chi connectivity index (χ1) is 10.0. The van der Waals surface area contributed by atoms with Crippen molar-refractivity contribution in [2.45, 2.75) is 30.7 Å². The topological polar surface area (TPSA) is 63.1 Å². The Labute approximate surface area is 125 Å². The van der Waals surface area contributed by atoms with Gasteiger partial charge in [0.15, 0.2) is 0 Å². The zero-order valence-electron chi connectivity index (χ0n) is 12.4. The molecular weight excluding hydrogens is 286 g/mol. The van der Waals surface area contributed by atoms with Gasteiger partial charge in [0.2, 0.25) is 10.0 Å². The number of aromatic nitrogens is 1. The molecule has 1 aromatic carbocycles.